The van der Waals surface area contributed by atoms with Crippen LogP contribution in [0.1, 0.15) is 18.9 Å². The van der Waals surface area contributed by atoms with E-state index in [0.717, 1.165) is 18.6 Å². The van der Waals surface area contributed by atoms with Crippen LogP contribution in [0.25, 0.3) is 0 Å². The topological polar surface area (TPSA) is 41.5 Å². The molecule has 17 heavy (non-hydrogen) atoms. The third kappa shape index (κ3) is 4.66. The van der Waals surface area contributed by atoms with E-state index in [9.17, 15) is 8.78 Å². The molecule has 0 spiro atoms. The average molecular weight is 245 g/mol. The maximum atomic E-state index is 13.0. The van der Waals surface area contributed by atoms with E-state index in [2.05, 4.69) is 5.32 Å². The van der Waals surface area contributed by atoms with E-state index in [0.29, 0.717) is 31.9 Å². The van der Waals surface area contributed by atoms with Gasteiger partial charge in [-0.15, -0.1) is 0 Å². The molecule has 2 N–H and O–H groups in total. The summed E-state index contributed by atoms with van der Waals surface area (Å²) >= 11 is 0. The van der Waals surface area contributed by atoms with Crippen LogP contribution >= 0.6 is 0 Å². The Hall–Kier alpha value is -1.20. The van der Waals surface area contributed by atoms with E-state index < -0.39 is 17.4 Å². The Morgan fingerprint density at radius 1 is 1.29 bits per heavy atom. The average Bonchev–Trinajstić information content (AvgIpc) is 2.30. The Morgan fingerprint density at radius 3 is 2.53 bits per heavy atom. The second-order valence-electron chi connectivity index (χ2n) is 3.64. The zero-order valence-corrected chi connectivity index (χ0v) is 9.80. The van der Waals surface area contributed by atoms with Crippen LogP contribution in [0, 0.1) is 11.6 Å². The Kier molecular flexibility index (Phi) is 5.86. The third-order valence-corrected chi connectivity index (χ3v) is 2.25. The van der Waals surface area contributed by atoms with E-state index in [1.54, 1.807) is 0 Å². The highest BCUT2D eigenvalue weighted by Gasteiger charge is 2.08. The molecule has 0 aliphatic heterocycles. The number of rotatable bonds is 7. The lowest BCUT2D eigenvalue weighted by Crippen LogP contribution is -2.16. The lowest BCUT2D eigenvalue weighted by molar-refractivity contribution is 0.144. The van der Waals surface area contributed by atoms with Gasteiger partial charge in [0, 0.05) is 19.8 Å². The zero-order valence-electron chi connectivity index (χ0n) is 9.80. The van der Waals surface area contributed by atoms with Gasteiger partial charge in [0.05, 0.1) is 0 Å². The molecule has 0 bridgehead atoms. The van der Waals surface area contributed by atoms with Crippen molar-refractivity contribution in [3.05, 3.63) is 29.3 Å². The van der Waals surface area contributed by atoms with Crippen LogP contribution in [-0.4, -0.2) is 24.9 Å². The Labute approximate surface area is 99.4 Å². The first-order valence-corrected chi connectivity index (χ1v) is 5.60. The van der Waals surface area contributed by atoms with Crippen molar-refractivity contribution in [1.29, 1.82) is 0 Å². The van der Waals surface area contributed by atoms with Crippen LogP contribution in [0.2, 0.25) is 0 Å². The fraction of sp³-hybridized carbons (Fsp3) is 0.500. The summed E-state index contributed by atoms with van der Waals surface area (Å²) in [4.78, 5) is 0. The smallest absolute Gasteiger partial charge is 0.187 e. The van der Waals surface area contributed by atoms with Crippen LogP contribution in [0.4, 0.5) is 8.78 Å². The number of hydrogen-bond acceptors (Lipinski definition) is 3. The van der Waals surface area contributed by atoms with Gasteiger partial charge in [-0.2, -0.15) is 0 Å². The van der Waals surface area contributed by atoms with Gasteiger partial charge in [0.25, 0.3) is 0 Å². The second-order valence-corrected chi connectivity index (χ2v) is 3.64. The van der Waals surface area contributed by atoms with Gasteiger partial charge in [-0.25, -0.2) is 8.78 Å². The molecule has 0 unspecified atom stereocenters. The van der Waals surface area contributed by atoms with Gasteiger partial charge < -0.3 is 15.2 Å². The maximum Gasteiger partial charge on any atom is 0.187 e. The predicted molar refractivity (Wildman–Crippen MR) is 60.8 cm³/mol. The molecule has 0 saturated heterocycles. The number of halogens is 2. The number of nitrogens with one attached hydrogen (secondary N) is 1. The lowest BCUT2D eigenvalue weighted by atomic mass is 10.2. The molecule has 0 fully saturated rings. The summed E-state index contributed by atoms with van der Waals surface area (Å²) < 4.78 is 31.1. The van der Waals surface area contributed by atoms with Gasteiger partial charge >= 0.3 is 0 Å². The monoisotopic (exact) mass is 245 g/mol. The number of aromatic hydroxyl groups is 1. The van der Waals surface area contributed by atoms with Crippen LogP contribution in [0.3, 0.4) is 0 Å². The summed E-state index contributed by atoms with van der Waals surface area (Å²) in [5, 5.41) is 12.0. The number of hydrogen-bond donors (Lipinski definition) is 2. The van der Waals surface area contributed by atoms with Crippen molar-refractivity contribution < 1.29 is 18.6 Å². The number of phenols is 1. The van der Waals surface area contributed by atoms with E-state index in [1.807, 2.05) is 6.92 Å². The molecule has 0 heterocycles. The van der Waals surface area contributed by atoms with Crippen LogP contribution < -0.4 is 5.32 Å². The molecule has 1 aromatic carbocycles. The standard InChI is InChI=1S/C12H17F2NO2/c1-2-17-5-3-4-15-8-9-6-10(13)12(16)11(14)7-9/h6-7,15-16H,2-5,8H2,1H3. The van der Waals surface area contributed by atoms with Crippen molar-refractivity contribution in [2.24, 2.45) is 0 Å². The van der Waals surface area contributed by atoms with Gasteiger partial charge in [0.15, 0.2) is 17.4 Å². The highest BCUT2D eigenvalue weighted by Crippen LogP contribution is 2.21. The van der Waals surface area contributed by atoms with Crippen LogP contribution in [-0.2, 0) is 11.3 Å². The number of benzene rings is 1. The predicted octanol–water partition coefficient (Wildman–Crippen LogP) is 2.19. The molecule has 1 rings (SSSR count). The quantitative estimate of drug-likeness (QED) is 0.723. The van der Waals surface area contributed by atoms with E-state index >= 15 is 0 Å². The molecule has 0 aromatic heterocycles. The molecule has 5 heteroatoms. The molecule has 0 radical (unpaired) electrons. The fourth-order valence-electron chi connectivity index (χ4n) is 1.40. The fourth-order valence-corrected chi connectivity index (χ4v) is 1.40. The minimum atomic E-state index is -0.934. The molecule has 3 nitrogen and oxygen atoms in total. The Morgan fingerprint density at radius 2 is 1.94 bits per heavy atom. The van der Waals surface area contributed by atoms with Gasteiger partial charge in [-0.05, 0) is 37.6 Å². The van der Waals surface area contributed by atoms with Crippen molar-refractivity contribution in [2.45, 2.75) is 19.9 Å². The van der Waals surface area contributed by atoms with Gasteiger partial charge in [-0.3, -0.25) is 0 Å². The number of ether oxygens (including phenoxy) is 1. The highest BCUT2D eigenvalue weighted by molar-refractivity contribution is 5.29. The van der Waals surface area contributed by atoms with Crippen molar-refractivity contribution in [3.63, 3.8) is 0 Å². The molecule has 0 amide bonds. The molecular weight excluding hydrogens is 228 g/mol. The molecule has 0 aliphatic rings. The summed E-state index contributed by atoms with van der Waals surface area (Å²) in [5.74, 6) is -2.79. The van der Waals surface area contributed by atoms with Crippen molar-refractivity contribution in [2.75, 3.05) is 19.8 Å². The molecule has 0 atom stereocenters. The van der Waals surface area contributed by atoms with Gasteiger partial charge in [0.1, 0.15) is 0 Å². The highest BCUT2D eigenvalue weighted by atomic mass is 19.1. The normalized spacial score (nSPS) is 10.8. The molecule has 0 aliphatic carbocycles. The van der Waals surface area contributed by atoms with E-state index in [4.69, 9.17) is 9.84 Å². The third-order valence-electron chi connectivity index (χ3n) is 2.25. The Balaban J connectivity index is 2.32. The Bertz CT molecular complexity index is 335. The van der Waals surface area contributed by atoms with Crippen molar-refractivity contribution in [1.82, 2.24) is 5.32 Å². The minimum absolute atomic E-state index is 0.361. The maximum absolute atomic E-state index is 13.0. The summed E-state index contributed by atoms with van der Waals surface area (Å²) in [6.45, 7) is 4.36. The van der Waals surface area contributed by atoms with Crippen molar-refractivity contribution in [3.8, 4) is 5.75 Å². The zero-order chi connectivity index (χ0) is 12.7. The number of phenolic OH excluding ortho intramolecular Hbond substituents is 1. The molecule has 96 valence electrons. The first-order chi connectivity index (χ1) is 8.15. The summed E-state index contributed by atoms with van der Waals surface area (Å²) in [5.41, 5.74) is 0.467. The minimum Gasteiger partial charge on any atom is -0.503 e. The van der Waals surface area contributed by atoms with Crippen molar-refractivity contribution >= 4 is 0 Å². The van der Waals surface area contributed by atoms with E-state index in [1.165, 1.54) is 0 Å². The van der Waals surface area contributed by atoms with Crippen LogP contribution in [0.5, 0.6) is 5.75 Å². The SMILES string of the molecule is CCOCCCNCc1cc(F)c(O)c(F)c1. The second kappa shape index (κ2) is 7.19. The molecule has 0 saturated carbocycles. The van der Waals surface area contributed by atoms with E-state index in [-0.39, 0.29) is 0 Å². The first kappa shape index (κ1) is 13.9. The lowest BCUT2D eigenvalue weighted by Gasteiger charge is -2.06. The summed E-state index contributed by atoms with van der Waals surface area (Å²) in [6.07, 6.45) is 0.844. The summed E-state index contributed by atoms with van der Waals surface area (Å²) in [7, 11) is 0. The van der Waals surface area contributed by atoms with Gasteiger partial charge in [0.2, 0.25) is 0 Å². The summed E-state index contributed by atoms with van der Waals surface area (Å²) in [6, 6.07) is 2.24. The first-order valence-electron chi connectivity index (χ1n) is 5.60. The molecular formula is C12H17F2NO2. The van der Waals surface area contributed by atoms with Gasteiger partial charge in [-0.1, -0.05) is 0 Å². The largest absolute Gasteiger partial charge is 0.503 e. The van der Waals surface area contributed by atoms with Crippen LogP contribution in [0.15, 0.2) is 12.1 Å². The molecule has 1 aromatic rings.